The van der Waals surface area contributed by atoms with E-state index in [-0.39, 0.29) is 10.6 Å². The Morgan fingerprint density at radius 2 is 2.38 bits per heavy atom. The van der Waals surface area contributed by atoms with E-state index in [1.165, 1.54) is 6.33 Å². The molecule has 0 saturated carbocycles. The normalized spacial score (nSPS) is 10.3. The Kier molecular flexibility index (Phi) is 3.53. The van der Waals surface area contributed by atoms with Crippen LogP contribution >= 0.6 is 22.9 Å². The number of nitrogens with zero attached hydrogens (tertiary/aromatic N) is 2. The molecule has 0 unspecified atom stereocenters. The van der Waals surface area contributed by atoms with Crippen molar-refractivity contribution < 1.29 is 0 Å². The number of aromatic nitrogens is 3. The molecule has 0 radical (unpaired) electrons. The van der Waals surface area contributed by atoms with Gasteiger partial charge in [-0.3, -0.25) is 4.79 Å². The zero-order valence-corrected chi connectivity index (χ0v) is 9.81. The smallest absolute Gasteiger partial charge is 0.271 e. The molecule has 0 aliphatic carbocycles. The van der Waals surface area contributed by atoms with Crippen LogP contribution in [0.5, 0.6) is 0 Å². The monoisotopic (exact) mass is 256 g/mol. The molecule has 0 saturated heterocycles. The summed E-state index contributed by atoms with van der Waals surface area (Å²) in [5.74, 6) is 0.403. The third-order valence-electron chi connectivity index (χ3n) is 1.95. The largest absolute Gasteiger partial charge is 0.368 e. The summed E-state index contributed by atoms with van der Waals surface area (Å²) in [5.41, 5.74) is 2.46. The lowest BCUT2D eigenvalue weighted by atomic mass is 10.3. The first-order chi connectivity index (χ1) is 7.77. The molecule has 84 valence electrons. The lowest BCUT2D eigenvalue weighted by Gasteiger charge is -2.04. The molecule has 0 aliphatic heterocycles. The van der Waals surface area contributed by atoms with Crippen molar-refractivity contribution in [2.75, 3.05) is 11.9 Å². The Balaban J connectivity index is 1.95. The van der Waals surface area contributed by atoms with Crippen LogP contribution in [0.25, 0.3) is 0 Å². The maximum absolute atomic E-state index is 11.2. The number of thiazole rings is 1. The molecule has 0 aliphatic rings. The van der Waals surface area contributed by atoms with Gasteiger partial charge in [-0.1, -0.05) is 11.6 Å². The molecule has 7 heteroatoms. The van der Waals surface area contributed by atoms with Crippen molar-refractivity contribution in [3.05, 3.63) is 38.3 Å². The van der Waals surface area contributed by atoms with E-state index in [0.29, 0.717) is 12.4 Å². The predicted molar refractivity (Wildman–Crippen MR) is 64.2 cm³/mol. The molecule has 16 heavy (non-hydrogen) atoms. The number of hydrogen-bond acceptors (Lipinski definition) is 5. The third kappa shape index (κ3) is 2.59. The van der Waals surface area contributed by atoms with Crippen LogP contribution in [0, 0.1) is 0 Å². The van der Waals surface area contributed by atoms with Gasteiger partial charge >= 0.3 is 0 Å². The van der Waals surface area contributed by atoms with Crippen molar-refractivity contribution in [1.29, 1.82) is 0 Å². The highest BCUT2D eigenvalue weighted by Gasteiger charge is 2.04. The molecule has 2 N–H and O–H groups in total. The van der Waals surface area contributed by atoms with Gasteiger partial charge in [-0.2, -0.15) is 0 Å². The van der Waals surface area contributed by atoms with Gasteiger partial charge in [0.2, 0.25) is 0 Å². The summed E-state index contributed by atoms with van der Waals surface area (Å²) in [6.45, 7) is 0.639. The molecular formula is C9H9ClN4OS. The van der Waals surface area contributed by atoms with Gasteiger partial charge in [-0.15, -0.1) is 11.3 Å². The summed E-state index contributed by atoms with van der Waals surface area (Å²) in [5, 5.41) is 5.06. The van der Waals surface area contributed by atoms with Gasteiger partial charge in [0.1, 0.15) is 5.02 Å². The molecule has 0 aromatic carbocycles. The minimum atomic E-state index is -0.340. The van der Waals surface area contributed by atoms with Crippen LogP contribution in [-0.4, -0.2) is 21.5 Å². The number of hydrogen-bond donors (Lipinski definition) is 2. The number of nitrogens with one attached hydrogen (secondary N) is 2. The Labute approximate surface area is 101 Å². The van der Waals surface area contributed by atoms with E-state index in [2.05, 4.69) is 20.3 Å². The third-order valence-corrected chi connectivity index (χ3v) is 2.94. The van der Waals surface area contributed by atoms with E-state index in [4.69, 9.17) is 11.6 Å². The van der Waals surface area contributed by atoms with Crippen molar-refractivity contribution in [3.63, 3.8) is 0 Å². The first-order valence-electron chi connectivity index (χ1n) is 4.61. The molecule has 2 heterocycles. The van der Waals surface area contributed by atoms with Crippen molar-refractivity contribution in [2.45, 2.75) is 6.42 Å². The summed E-state index contributed by atoms with van der Waals surface area (Å²) in [6, 6.07) is 0. The Bertz CT molecular complexity index is 510. The highest BCUT2D eigenvalue weighted by atomic mass is 35.5. The molecule has 0 amide bonds. The van der Waals surface area contributed by atoms with Crippen LogP contribution in [0.15, 0.2) is 22.0 Å². The molecule has 2 aromatic rings. The second-order valence-corrected chi connectivity index (χ2v) is 4.15. The van der Waals surface area contributed by atoms with Crippen LogP contribution in [0.2, 0.25) is 5.02 Å². The van der Waals surface area contributed by atoms with E-state index >= 15 is 0 Å². The second-order valence-electron chi connectivity index (χ2n) is 3.05. The van der Waals surface area contributed by atoms with E-state index in [0.717, 1.165) is 12.1 Å². The average molecular weight is 257 g/mol. The van der Waals surface area contributed by atoms with Crippen molar-refractivity contribution in [1.82, 2.24) is 15.0 Å². The minimum Gasteiger partial charge on any atom is -0.368 e. The van der Waals surface area contributed by atoms with Crippen molar-refractivity contribution >= 4 is 28.8 Å². The number of aromatic amines is 1. The zero-order chi connectivity index (χ0) is 11.4. The summed E-state index contributed by atoms with van der Waals surface area (Å²) in [4.78, 5) is 21.6. The van der Waals surface area contributed by atoms with E-state index in [9.17, 15) is 4.79 Å². The number of rotatable bonds is 4. The minimum absolute atomic E-state index is 0.0841. The van der Waals surface area contributed by atoms with E-state index in [1.807, 2.05) is 5.38 Å². The average Bonchev–Trinajstić information content (AvgIpc) is 2.77. The molecule has 0 bridgehead atoms. The lowest BCUT2D eigenvalue weighted by molar-refractivity contribution is 0.961. The number of halogens is 1. The Hall–Kier alpha value is -1.40. The highest BCUT2D eigenvalue weighted by molar-refractivity contribution is 7.07. The van der Waals surface area contributed by atoms with E-state index in [1.54, 1.807) is 16.8 Å². The fourth-order valence-corrected chi connectivity index (χ4v) is 1.94. The predicted octanol–water partition coefficient (Wildman–Crippen LogP) is 1.53. The van der Waals surface area contributed by atoms with Gasteiger partial charge in [0, 0.05) is 18.3 Å². The fraction of sp³-hybridized carbons (Fsp3) is 0.222. The van der Waals surface area contributed by atoms with Gasteiger partial charge < -0.3 is 10.3 Å². The molecule has 0 fully saturated rings. The summed E-state index contributed by atoms with van der Waals surface area (Å²) < 4.78 is 0. The molecule has 0 atom stereocenters. The van der Waals surface area contributed by atoms with E-state index < -0.39 is 0 Å². The zero-order valence-electron chi connectivity index (χ0n) is 8.24. The summed E-state index contributed by atoms with van der Waals surface area (Å²) in [7, 11) is 0. The first kappa shape index (κ1) is 11.1. The maximum Gasteiger partial charge on any atom is 0.271 e. The van der Waals surface area contributed by atoms with Gasteiger partial charge in [0.15, 0.2) is 5.82 Å². The van der Waals surface area contributed by atoms with Crippen molar-refractivity contribution in [3.8, 4) is 0 Å². The van der Waals surface area contributed by atoms with Gasteiger partial charge in [-0.25, -0.2) is 9.97 Å². The van der Waals surface area contributed by atoms with Gasteiger partial charge in [-0.05, 0) is 0 Å². The van der Waals surface area contributed by atoms with Crippen LogP contribution in [0.4, 0.5) is 5.82 Å². The van der Waals surface area contributed by atoms with Crippen LogP contribution in [0.1, 0.15) is 5.69 Å². The second kappa shape index (κ2) is 5.09. The summed E-state index contributed by atoms with van der Waals surface area (Å²) >= 11 is 7.33. The quantitative estimate of drug-likeness (QED) is 0.871. The SMILES string of the molecule is O=c1[nH]cnc(NCCc2cscn2)c1Cl. The molecule has 5 nitrogen and oxygen atoms in total. The highest BCUT2D eigenvalue weighted by Crippen LogP contribution is 2.12. The molecular weight excluding hydrogens is 248 g/mol. The molecule has 0 spiro atoms. The van der Waals surface area contributed by atoms with Crippen molar-refractivity contribution in [2.24, 2.45) is 0 Å². The topological polar surface area (TPSA) is 70.7 Å². The number of anilines is 1. The lowest BCUT2D eigenvalue weighted by Crippen LogP contribution is -2.13. The Morgan fingerprint density at radius 1 is 1.50 bits per heavy atom. The van der Waals surface area contributed by atoms with Gasteiger partial charge in [0.25, 0.3) is 5.56 Å². The fourth-order valence-electron chi connectivity index (χ4n) is 1.18. The van der Waals surface area contributed by atoms with Crippen LogP contribution in [-0.2, 0) is 6.42 Å². The standard InChI is InChI=1S/C9H9ClN4OS/c10-7-8(12-4-13-9(7)15)11-2-1-6-3-16-5-14-6/h3-5H,1-2H2,(H2,11,12,13,15). The molecule has 2 rings (SSSR count). The first-order valence-corrected chi connectivity index (χ1v) is 5.93. The van der Waals surface area contributed by atoms with Gasteiger partial charge in [0.05, 0.1) is 17.5 Å². The summed E-state index contributed by atoms with van der Waals surface area (Å²) in [6.07, 6.45) is 2.09. The Morgan fingerprint density at radius 3 is 3.12 bits per heavy atom. The van der Waals surface area contributed by atoms with Crippen LogP contribution in [0.3, 0.4) is 0 Å². The maximum atomic E-state index is 11.2. The number of H-pyrrole nitrogens is 1. The van der Waals surface area contributed by atoms with Crippen LogP contribution < -0.4 is 10.9 Å². The molecule has 2 aromatic heterocycles.